The van der Waals surface area contributed by atoms with E-state index in [2.05, 4.69) is 10.5 Å². The molecule has 0 fully saturated rings. The van der Waals surface area contributed by atoms with Gasteiger partial charge in [-0.1, -0.05) is 48.0 Å². The highest BCUT2D eigenvalue weighted by Gasteiger charge is 2.09. The number of hydrazone groups is 1. The van der Waals surface area contributed by atoms with Gasteiger partial charge in [0.05, 0.1) is 23.9 Å². The topological polar surface area (TPSA) is 59.9 Å². The maximum absolute atomic E-state index is 12.2. The molecule has 0 aromatic heterocycles. The van der Waals surface area contributed by atoms with Crippen LogP contribution in [0.2, 0.25) is 5.02 Å². The highest BCUT2D eigenvalue weighted by molar-refractivity contribution is 6.33. The van der Waals surface area contributed by atoms with Gasteiger partial charge in [-0.15, -0.1) is 0 Å². The van der Waals surface area contributed by atoms with E-state index in [1.807, 2.05) is 55.5 Å². The first-order valence-corrected chi connectivity index (χ1v) is 9.39. The third kappa shape index (κ3) is 5.59. The lowest BCUT2D eigenvalue weighted by Gasteiger charge is -2.11. The highest BCUT2D eigenvalue weighted by Crippen LogP contribution is 2.28. The molecule has 3 aromatic rings. The maximum atomic E-state index is 12.2. The van der Waals surface area contributed by atoms with Gasteiger partial charge < -0.3 is 9.47 Å². The Morgan fingerprint density at radius 2 is 1.86 bits per heavy atom. The van der Waals surface area contributed by atoms with Crippen molar-refractivity contribution in [1.82, 2.24) is 5.43 Å². The third-order valence-electron chi connectivity index (χ3n) is 4.17. The molecule has 0 heterocycles. The molecule has 1 N–H and O–H groups in total. The van der Waals surface area contributed by atoms with Crippen LogP contribution in [0.1, 0.15) is 27.0 Å². The first kappa shape index (κ1) is 20.4. The number of nitrogens with zero attached hydrogens (tertiary/aromatic N) is 1. The predicted molar refractivity (Wildman–Crippen MR) is 115 cm³/mol. The van der Waals surface area contributed by atoms with Gasteiger partial charge in [-0.3, -0.25) is 4.79 Å². The molecule has 148 valence electrons. The Balaban J connectivity index is 1.64. The number of amides is 1. The molecule has 0 atom stereocenters. The van der Waals surface area contributed by atoms with Gasteiger partial charge in [-0.2, -0.15) is 5.10 Å². The van der Waals surface area contributed by atoms with Gasteiger partial charge in [0.2, 0.25) is 0 Å². The zero-order valence-corrected chi connectivity index (χ0v) is 16.9. The van der Waals surface area contributed by atoms with Crippen molar-refractivity contribution in [2.45, 2.75) is 13.5 Å². The maximum Gasteiger partial charge on any atom is 0.272 e. The first-order valence-electron chi connectivity index (χ1n) is 9.01. The number of carbonyl (C=O) groups excluding carboxylic acids is 1. The summed E-state index contributed by atoms with van der Waals surface area (Å²) in [5, 5.41) is 4.39. The van der Waals surface area contributed by atoms with Crippen molar-refractivity contribution in [2.24, 2.45) is 5.10 Å². The standard InChI is InChI=1S/C23H21ClN2O3/c1-16-8-10-19(20(24)12-16)23(27)26-25-14-18-9-11-21(22(13-18)28-2)29-15-17-6-4-3-5-7-17/h3-14H,15H2,1-2H3,(H,26,27)/b25-14-. The molecule has 1 amide bonds. The van der Waals surface area contributed by atoms with Crippen LogP contribution >= 0.6 is 11.6 Å². The van der Waals surface area contributed by atoms with Crippen LogP contribution in [0.15, 0.2) is 71.8 Å². The quantitative estimate of drug-likeness (QED) is 0.442. The van der Waals surface area contributed by atoms with E-state index >= 15 is 0 Å². The zero-order chi connectivity index (χ0) is 20.6. The van der Waals surface area contributed by atoms with Crippen LogP contribution in [0.4, 0.5) is 0 Å². The number of ether oxygens (including phenoxy) is 2. The van der Waals surface area contributed by atoms with Crippen molar-refractivity contribution in [1.29, 1.82) is 0 Å². The van der Waals surface area contributed by atoms with Crippen molar-refractivity contribution in [3.05, 3.63) is 94.0 Å². The molecule has 0 aliphatic carbocycles. The monoisotopic (exact) mass is 408 g/mol. The van der Waals surface area contributed by atoms with Crippen molar-refractivity contribution in [3.63, 3.8) is 0 Å². The van der Waals surface area contributed by atoms with Crippen LogP contribution in [-0.2, 0) is 6.61 Å². The molecule has 5 nitrogen and oxygen atoms in total. The number of halogens is 1. The van der Waals surface area contributed by atoms with E-state index in [-0.39, 0.29) is 5.91 Å². The van der Waals surface area contributed by atoms with Crippen LogP contribution < -0.4 is 14.9 Å². The van der Waals surface area contributed by atoms with Crippen molar-refractivity contribution < 1.29 is 14.3 Å². The molecule has 0 radical (unpaired) electrons. The molecular formula is C23H21ClN2O3. The molecule has 0 spiro atoms. The van der Waals surface area contributed by atoms with Gasteiger partial charge in [0, 0.05) is 0 Å². The fraction of sp³-hybridized carbons (Fsp3) is 0.130. The minimum atomic E-state index is -0.374. The minimum absolute atomic E-state index is 0.372. The SMILES string of the molecule is COc1cc(/C=N\NC(=O)c2ccc(C)cc2Cl)ccc1OCc1ccccc1. The second-order valence-electron chi connectivity index (χ2n) is 6.37. The first-order chi connectivity index (χ1) is 14.1. The summed E-state index contributed by atoms with van der Waals surface area (Å²) >= 11 is 6.11. The summed E-state index contributed by atoms with van der Waals surface area (Å²) in [6.45, 7) is 2.35. The molecule has 0 saturated heterocycles. The summed E-state index contributed by atoms with van der Waals surface area (Å²) in [6, 6.07) is 20.5. The second kappa shape index (κ2) is 9.75. The van der Waals surface area contributed by atoms with E-state index in [1.165, 1.54) is 6.21 Å². The van der Waals surface area contributed by atoms with E-state index in [4.69, 9.17) is 21.1 Å². The molecule has 3 rings (SSSR count). The Kier molecular flexibility index (Phi) is 6.87. The summed E-state index contributed by atoms with van der Waals surface area (Å²) in [5.74, 6) is 0.836. The minimum Gasteiger partial charge on any atom is -0.493 e. The number of rotatable bonds is 7. The summed E-state index contributed by atoms with van der Waals surface area (Å²) < 4.78 is 11.2. The van der Waals surface area contributed by atoms with E-state index in [0.717, 1.165) is 16.7 Å². The van der Waals surface area contributed by atoms with Gasteiger partial charge in [0.1, 0.15) is 6.61 Å². The zero-order valence-electron chi connectivity index (χ0n) is 16.2. The number of aryl methyl sites for hydroxylation is 1. The van der Waals surface area contributed by atoms with E-state index in [1.54, 1.807) is 25.3 Å². The molecule has 0 bridgehead atoms. The number of nitrogens with one attached hydrogen (secondary N) is 1. The van der Waals surface area contributed by atoms with E-state index < -0.39 is 0 Å². The molecular weight excluding hydrogens is 388 g/mol. The lowest BCUT2D eigenvalue weighted by molar-refractivity contribution is 0.0955. The smallest absolute Gasteiger partial charge is 0.272 e. The van der Waals surface area contributed by atoms with Gasteiger partial charge in [-0.05, 0) is 53.9 Å². The summed E-state index contributed by atoms with van der Waals surface area (Å²) in [5.41, 5.74) is 5.66. The number of methoxy groups -OCH3 is 1. The Labute approximate surface area is 174 Å². The van der Waals surface area contributed by atoms with Crippen LogP contribution in [-0.4, -0.2) is 19.2 Å². The summed E-state index contributed by atoms with van der Waals surface area (Å²) in [7, 11) is 1.58. The molecule has 3 aromatic carbocycles. The van der Waals surface area contributed by atoms with Crippen LogP contribution in [0, 0.1) is 6.92 Å². The second-order valence-corrected chi connectivity index (χ2v) is 6.77. The predicted octanol–water partition coefficient (Wildman–Crippen LogP) is 5.00. The van der Waals surface area contributed by atoms with E-state index in [0.29, 0.717) is 28.7 Å². The Morgan fingerprint density at radius 3 is 2.59 bits per heavy atom. The van der Waals surface area contributed by atoms with Crippen molar-refractivity contribution >= 4 is 23.7 Å². The number of benzene rings is 3. The van der Waals surface area contributed by atoms with Crippen LogP contribution in [0.3, 0.4) is 0 Å². The normalized spacial score (nSPS) is 10.7. The average Bonchev–Trinajstić information content (AvgIpc) is 2.73. The van der Waals surface area contributed by atoms with Gasteiger partial charge in [0.15, 0.2) is 11.5 Å². The Morgan fingerprint density at radius 1 is 1.07 bits per heavy atom. The van der Waals surface area contributed by atoms with E-state index in [9.17, 15) is 4.79 Å². The van der Waals surface area contributed by atoms with Gasteiger partial charge in [0.25, 0.3) is 5.91 Å². The molecule has 6 heteroatoms. The Bertz CT molecular complexity index is 1020. The molecule has 0 saturated carbocycles. The summed E-state index contributed by atoms with van der Waals surface area (Å²) in [4.78, 5) is 12.2. The molecule has 0 aliphatic heterocycles. The fourth-order valence-corrected chi connectivity index (χ4v) is 2.97. The highest BCUT2D eigenvalue weighted by atomic mass is 35.5. The van der Waals surface area contributed by atoms with Crippen molar-refractivity contribution in [3.8, 4) is 11.5 Å². The molecule has 29 heavy (non-hydrogen) atoms. The lowest BCUT2D eigenvalue weighted by atomic mass is 10.1. The number of hydrogen-bond donors (Lipinski definition) is 1. The summed E-state index contributed by atoms with van der Waals surface area (Å²) in [6.07, 6.45) is 1.53. The largest absolute Gasteiger partial charge is 0.493 e. The van der Waals surface area contributed by atoms with Crippen LogP contribution in [0.5, 0.6) is 11.5 Å². The van der Waals surface area contributed by atoms with Gasteiger partial charge in [-0.25, -0.2) is 5.43 Å². The molecule has 0 unspecified atom stereocenters. The number of hydrogen-bond acceptors (Lipinski definition) is 4. The van der Waals surface area contributed by atoms with Crippen molar-refractivity contribution in [2.75, 3.05) is 7.11 Å². The molecule has 0 aliphatic rings. The van der Waals surface area contributed by atoms with Crippen LogP contribution in [0.25, 0.3) is 0 Å². The third-order valence-corrected chi connectivity index (χ3v) is 4.49. The Hall–Kier alpha value is -3.31. The average molecular weight is 409 g/mol. The van der Waals surface area contributed by atoms with Gasteiger partial charge >= 0.3 is 0 Å². The fourth-order valence-electron chi connectivity index (χ4n) is 2.65. The number of carbonyl (C=O) groups is 1. The lowest BCUT2D eigenvalue weighted by Crippen LogP contribution is -2.18.